The maximum Gasteiger partial charge on any atom is 0.213 e. The number of alkyl halides is 2. The second kappa shape index (κ2) is 10.3. The molecule has 1 N–H and O–H groups in total. The average molecular weight is 448 g/mol. The van der Waals surface area contributed by atoms with Gasteiger partial charge in [0.05, 0.1) is 28.7 Å². The highest BCUT2D eigenvalue weighted by Crippen LogP contribution is 2.27. The van der Waals surface area contributed by atoms with Crippen LogP contribution in [-0.4, -0.2) is 75.1 Å². The first-order valence-corrected chi connectivity index (χ1v) is 11.3. The van der Waals surface area contributed by atoms with Gasteiger partial charge in [0, 0.05) is 44.1 Å². The van der Waals surface area contributed by atoms with Gasteiger partial charge in [-0.25, -0.2) is 4.98 Å². The Balaban J connectivity index is 1.14. The van der Waals surface area contributed by atoms with Crippen molar-refractivity contribution in [2.45, 2.75) is 23.6 Å². The molecule has 1 fully saturated rings. The fraction of sp³-hybridized carbons (Fsp3) is 0.455. The van der Waals surface area contributed by atoms with Gasteiger partial charge in [-0.05, 0) is 37.6 Å². The molecule has 0 bridgehead atoms. The van der Waals surface area contributed by atoms with Crippen LogP contribution in [0, 0.1) is 0 Å². The Morgan fingerprint density at radius 3 is 2.77 bits per heavy atom. The molecule has 8 heteroatoms. The number of rotatable bonds is 8. The molecule has 2 aliphatic rings. The summed E-state index contributed by atoms with van der Waals surface area (Å²) < 4.78 is 5.84. The number of hydrogen-bond donors (Lipinski definition) is 1. The minimum absolute atomic E-state index is 0.126. The number of nitrogens with zero attached hydrogens (tertiary/aromatic N) is 4. The van der Waals surface area contributed by atoms with Gasteiger partial charge in [-0.3, -0.25) is 10.00 Å². The molecule has 6 nitrogen and oxygen atoms in total. The van der Waals surface area contributed by atoms with E-state index in [-0.39, 0.29) is 10.8 Å². The molecule has 1 saturated heterocycles. The van der Waals surface area contributed by atoms with Crippen molar-refractivity contribution in [3.63, 3.8) is 0 Å². The SMILES string of the molecule is ClC1C=CC=C(N2CCN(CCCCOc3cccc(-c4ccn[nH]4)n3)CC2)C1Cl. The topological polar surface area (TPSA) is 57.3 Å². The van der Waals surface area contributed by atoms with Gasteiger partial charge in [0.25, 0.3) is 0 Å². The second-order valence-corrected chi connectivity index (χ2v) is 8.51. The number of halogens is 2. The van der Waals surface area contributed by atoms with Crippen molar-refractivity contribution in [2.24, 2.45) is 0 Å². The molecule has 0 radical (unpaired) electrons. The fourth-order valence-electron chi connectivity index (χ4n) is 3.78. The molecule has 0 spiro atoms. The van der Waals surface area contributed by atoms with Crippen molar-refractivity contribution in [3.8, 4) is 17.3 Å². The van der Waals surface area contributed by atoms with E-state index in [1.54, 1.807) is 6.20 Å². The Morgan fingerprint density at radius 1 is 1.10 bits per heavy atom. The third-order valence-electron chi connectivity index (χ3n) is 5.48. The third-order valence-corrected chi connectivity index (χ3v) is 6.50. The molecule has 3 heterocycles. The number of hydrogen-bond acceptors (Lipinski definition) is 5. The molecule has 2 aromatic heterocycles. The Labute approximate surface area is 187 Å². The fourth-order valence-corrected chi connectivity index (χ4v) is 4.29. The van der Waals surface area contributed by atoms with Crippen LogP contribution < -0.4 is 4.74 Å². The van der Waals surface area contributed by atoms with E-state index in [1.807, 2.05) is 36.4 Å². The van der Waals surface area contributed by atoms with Crippen molar-refractivity contribution in [1.82, 2.24) is 25.0 Å². The first-order valence-electron chi connectivity index (χ1n) is 10.4. The Kier molecular flexibility index (Phi) is 7.31. The van der Waals surface area contributed by atoms with E-state index in [1.165, 1.54) is 0 Å². The minimum atomic E-state index is -0.138. The van der Waals surface area contributed by atoms with E-state index in [0.29, 0.717) is 12.5 Å². The summed E-state index contributed by atoms with van der Waals surface area (Å²) >= 11 is 12.7. The minimum Gasteiger partial charge on any atom is -0.478 e. The van der Waals surface area contributed by atoms with Crippen molar-refractivity contribution in [1.29, 1.82) is 0 Å². The summed E-state index contributed by atoms with van der Waals surface area (Å²) in [6.07, 6.45) is 9.88. The van der Waals surface area contributed by atoms with Gasteiger partial charge in [0.2, 0.25) is 5.88 Å². The highest BCUT2D eigenvalue weighted by molar-refractivity contribution is 6.32. The number of pyridine rings is 1. The van der Waals surface area contributed by atoms with Crippen molar-refractivity contribution in [3.05, 3.63) is 54.4 Å². The van der Waals surface area contributed by atoms with E-state index in [4.69, 9.17) is 27.9 Å². The van der Waals surface area contributed by atoms with Crippen LogP contribution in [0.15, 0.2) is 54.4 Å². The van der Waals surface area contributed by atoms with Crippen LogP contribution in [-0.2, 0) is 0 Å². The van der Waals surface area contributed by atoms with Gasteiger partial charge in [0.15, 0.2) is 0 Å². The van der Waals surface area contributed by atoms with E-state index in [0.717, 1.165) is 62.7 Å². The number of ether oxygens (including phenoxy) is 1. The molecule has 0 saturated carbocycles. The number of nitrogens with one attached hydrogen (secondary N) is 1. The number of unbranched alkanes of at least 4 members (excludes halogenated alkanes) is 1. The van der Waals surface area contributed by atoms with Gasteiger partial charge in [0.1, 0.15) is 0 Å². The third kappa shape index (κ3) is 5.36. The molecule has 160 valence electrons. The van der Waals surface area contributed by atoms with Gasteiger partial charge in [-0.1, -0.05) is 18.2 Å². The van der Waals surface area contributed by atoms with Crippen molar-refractivity contribution in [2.75, 3.05) is 39.3 Å². The van der Waals surface area contributed by atoms with E-state index < -0.39 is 0 Å². The summed E-state index contributed by atoms with van der Waals surface area (Å²) in [5, 5.41) is 6.63. The Morgan fingerprint density at radius 2 is 1.97 bits per heavy atom. The molecule has 2 atom stereocenters. The van der Waals surface area contributed by atoms with Gasteiger partial charge in [-0.15, -0.1) is 23.2 Å². The number of H-pyrrole nitrogens is 1. The number of allylic oxidation sites excluding steroid dienone is 4. The normalized spacial score (nSPS) is 22.2. The zero-order valence-electron chi connectivity index (χ0n) is 16.9. The molecule has 1 aliphatic heterocycles. The van der Waals surface area contributed by atoms with Crippen LogP contribution in [0.1, 0.15) is 12.8 Å². The predicted octanol–water partition coefficient (Wildman–Crippen LogP) is 3.92. The number of aromatic nitrogens is 3. The van der Waals surface area contributed by atoms with Crippen LogP contribution in [0.3, 0.4) is 0 Å². The van der Waals surface area contributed by atoms with Crippen LogP contribution in [0.2, 0.25) is 0 Å². The molecule has 2 unspecified atom stereocenters. The lowest BCUT2D eigenvalue weighted by molar-refractivity contribution is 0.151. The van der Waals surface area contributed by atoms with E-state index >= 15 is 0 Å². The summed E-state index contributed by atoms with van der Waals surface area (Å²) in [6, 6.07) is 7.69. The number of piperazine rings is 1. The maximum absolute atomic E-state index is 6.48. The molecular weight excluding hydrogens is 421 g/mol. The van der Waals surface area contributed by atoms with E-state index in [2.05, 4.69) is 31.1 Å². The Hall–Kier alpha value is -2.02. The van der Waals surface area contributed by atoms with Crippen LogP contribution in [0.4, 0.5) is 0 Å². The zero-order chi connectivity index (χ0) is 20.8. The molecule has 2 aromatic rings. The molecular formula is C22H27Cl2N5O. The maximum atomic E-state index is 6.48. The summed E-state index contributed by atoms with van der Waals surface area (Å²) in [4.78, 5) is 9.40. The monoisotopic (exact) mass is 447 g/mol. The first kappa shape index (κ1) is 21.2. The lowest BCUT2D eigenvalue weighted by atomic mass is 10.1. The summed E-state index contributed by atoms with van der Waals surface area (Å²) in [5.74, 6) is 0.652. The largest absolute Gasteiger partial charge is 0.478 e. The smallest absolute Gasteiger partial charge is 0.213 e. The highest BCUT2D eigenvalue weighted by Gasteiger charge is 2.27. The first-order chi connectivity index (χ1) is 14.7. The van der Waals surface area contributed by atoms with Gasteiger partial charge in [-0.2, -0.15) is 5.10 Å². The van der Waals surface area contributed by atoms with Crippen LogP contribution in [0.5, 0.6) is 5.88 Å². The van der Waals surface area contributed by atoms with Crippen molar-refractivity contribution < 1.29 is 4.74 Å². The van der Waals surface area contributed by atoms with E-state index in [9.17, 15) is 0 Å². The lowest BCUT2D eigenvalue weighted by Crippen LogP contribution is -2.48. The van der Waals surface area contributed by atoms with Gasteiger partial charge >= 0.3 is 0 Å². The zero-order valence-corrected chi connectivity index (χ0v) is 18.4. The molecule has 0 aromatic carbocycles. The Bertz CT molecular complexity index is 862. The lowest BCUT2D eigenvalue weighted by Gasteiger charge is -2.39. The van der Waals surface area contributed by atoms with Gasteiger partial charge < -0.3 is 9.64 Å². The molecule has 1 aliphatic carbocycles. The summed E-state index contributed by atoms with van der Waals surface area (Å²) in [5.41, 5.74) is 2.88. The second-order valence-electron chi connectivity index (χ2n) is 7.54. The number of aromatic amines is 1. The molecule has 4 rings (SSSR count). The standard InChI is InChI=1S/C22H27Cl2N5O/c23-17-5-3-7-20(22(17)24)29-14-12-28(13-15-29)11-1-2-16-30-21-8-4-6-18(26-21)19-9-10-25-27-19/h3-10,17,22H,1-2,11-16H2,(H,25,27). The van der Waals surface area contributed by atoms with Crippen molar-refractivity contribution >= 4 is 23.2 Å². The quantitative estimate of drug-likeness (QED) is 0.490. The molecule has 0 amide bonds. The molecule has 30 heavy (non-hydrogen) atoms. The highest BCUT2D eigenvalue weighted by atomic mass is 35.5. The average Bonchev–Trinajstić information content (AvgIpc) is 3.31. The summed E-state index contributed by atoms with van der Waals surface area (Å²) in [6.45, 7) is 5.84. The van der Waals surface area contributed by atoms with Crippen LogP contribution >= 0.6 is 23.2 Å². The summed E-state index contributed by atoms with van der Waals surface area (Å²) in [7, 11) is 0. The predicted molar refractivity (Wildman–Crippen MR) is 121 cm³/mol. The van der Waals surface area contributed by atoms with Crippen LogP contribution in [0.25, 0.3) is 11.4 Å².